The summed E-state index contributed by atoms with van der Waals surface area (Å²) in [5, 5.41) is 0. The van der Waals surface area contributed by atoms with Gasteiger partial charge in [-0.15, -0.1) is 0 Å². The van der Waals surface area contributed by atoms with Gasteiger partial charge in [-0.2, -0.15) is 13.2 Å². The molecule has 0 fully saturated rings. The van der Waals surface area contributed by atoms with Crippen LogP contribution in [0.15, 0.2) is 53.4 Å². The summed E-state index contributed by atoms with van der Waals surface area (Å²) in [6.45, 7) is 0.202. The molecule has 27 heavy (non-hydrogen) atoms. The van der Waals surface area contributed by atoms with Gasteiger partial charge in [0.2, 0.25) is 10.0 Å². The number of hydrogen-bond acceptors (Lipinski definition) is 3. The van der Waals surface area contributed by atoms with E-state index in [0.29, 0.717) is 6.42 Å². The molecule has 5 nitrogen and oxygen atoms in total. The predicted octanol–water partition coefficient (Wildman–Crippen LogP) is 3.12. The van der Waals surface area contributed by atoms with E-state index < -0.39 is 33.5 Å². The Bertz CT molecular complexity index is 974. The highest BCUT2D eigenvalue weighted by Crippen LogP contribution is 2.33. The van der Waals surface area contributed by atoms with Crippen molar-refractivity contribution in [3.05, 3.63) is 59.7 Å². The first kappa shape index (κ1) is 19.4. The molecule has 1 aliphatic rings. The van der Waals surface area contributed by atoms with Crippen LogP contribution in [0, 0.1) is 0 Å². The van der Waals surface area contributed by atoms with E-state index in [2.05, 4.69) is 0 Å². The van der Waals surface area contributed by atoms with Gasteiger partial charge < -0.3 is 4.90 Å². The lowest BCUT2D eigenvalue weighted by molar-refractivity contribution is -0.121. The van der Waals surface area contributed by atoms with Crippen LogP contribution in [0.25, 0.3) is 0 Å². The van der Waals surface area contributed by atoms with Gasteiger partial charge in [0.1, 0.15) is 6.54 Å². The fourth-order valence-corrected chi connectivity index (χ4v) is 4.13. The molecule has 0 spiro atoms. The molecule has 0 aromatic heterocycles. The number of carbonyl (C=O) groups is 1. The van der Waals surface area contributed by atoms with Crippen LogP contribution in [0.2, 0.25) is 0 Å². The fraction of sp³-hybridized carbons (Fsp3) is 0.278. The predicted molar refractivity (Wildman–Crippen MR) is 94.1 cm³/mol. The number of para-hydroxylation sites is 1. The van der Waals surface area contributed by atoms with Crippen molar-refractivity contribution in [2.24, 2.45) is 0 Å². The molecule has 0 radical (unpaired) electrons. The highest BCUT2D eigenvalue weighted by Gasteiger charge is 2.33. The molecule has 0 bridgehead atoms. The Hall–Kier alpha value is -2.39. The van der Waals surface area contributed by atoms with Gasteiger partial charge in [0.05, 0.1) is 4.90 Å². The average Bonchev–Trinajstić information content (AvgIpc) is 2.95. The molecule has 1 unspecified atom stereocenters. The van der Waals surface area contributed by atoms with E-state index in [1.807, 2.05) is 25.1 Å². The van der Waals surface area contributed by atoms with Crippen molar-refractivity contribution in [3.63, 3.8) is 0 Å². The van der Waals surface area contributed by atoms with Crippen molar-refractivity contribution < 1.29 is 26.4 Å². The second kappa shape index (κ2) is 6.97. The Morgan fingerprint density at radius 1 is 1.19 bits per heavy atom. The monoisotopic (exact) mass is 398 g/mol. The van der Waals surface area contributed by atoms with Crippen molar-refractivity contribution in [2.75, 3.05) is 11.4 Å². The number of benzene rings is 2. The van der Waals surface area contributed by atoms with Crippen LogP contribution in [0.1, 0.15) is 22.8 Å². The summed E-state index contributed by atoms with van der Waals surface area (Å²) in [6, 6.07) is 12.3. The molecule has 2 aromatic carbocycles. The topological polar surface area (TPSA) is 66.5 Å². The minimum atomic E-state index is -4.67. The second-order valence-corrected chi connectivity index (χ2v) is 8.09. The fourth-order valence-electron chi connectivity index (χ4n) is 3.07. The number of nitrogens with one attached hydrogen (secondary N) is 1. The standard InChI is InChI=1S/C18H17F3N2O3S/c1-12-9-13-5-2-3-8-16(13)23(12)17(24)14-6-4-7-15(10-14)27(25,26)22-11-18(19,20)21/h2-8,10,12,22H,9,11H2,1H3. The van der Waals surface area contributed by atoms with E-state index in [9.17, 15) is 26.4 Å². The number of nitrogens with zero attached hydrogens (tertiary/aromatic N) is 1. The van der Waals surface area contributed by atoms with E-state index >= 15 is 0 Å². The third-order valence-corrected chi connectivity index (χ3v) is 5.68. The number of sulfonamides is 1. The van der Waals surface area contributed by atoms with Gasteiger partial charge in [0.15, 0.2) is 0 Å². The first-order valence-electron chi connectivity index (χ1n) is 8.16. The van der Waals surface area contributed by atoms with Crippen LogP contribution in [0.4, 0.5) is 18.9 Å². The van der Waals surface area contributed by atoms with E-state index in [0.717, 1.165) is 23.4 Å². The molecule has 2 aromatic rings. The zero-order chi connectivity index (χ0) is 19.8. The summed E-state index contributed by atoms with van der Waals surface area (Å²) in [5.41, 5.74) is 1.85. The van der Waals surface area contributed by atoms with Crippen LogP contribution >= 0.6 is 0 Å². The van der Waals surface area contributed by atoms with E-state index in [4.69, 9.17) is 0 Å². The zero-order valence-corrected chi connectivity index (χ0v) is 15.1. The van der Waals surface area contributed by atoms with Crippen molar-refractivity contribution in [2.45, 2.75) is 30.5 Å². The number of hydrogen-bond donors (Lipinski definition) is 1. The molecule has 0 saturated carbocycles. The zero-order valence-electron chi connectivity index (χ0n) is 14.3. The maximum absolute atomic E-state index is 12.9. The number of alkyl halides is 3. The lowest BCUT2D eigenvalue weighted by Crippen LogP contribution is -2.36. The second-order valence-electron chi connectivity index (χ2n) is 6.32. The van der Waals surface area contributed by atoms with Crippen molar-refractivity contribution in [1.82, 2.24) is 4.72 Å². The van der Waals surface area contributed by atoms with Crippen molar-refractivity contribution in [1.29, 1.82) is 0 Å². The Balaban J connectivity index is 1.89. The lowest BCUT2D eigenvalue weighted by Gasteiger charge is -2.23. The Morgan fingerprint density at radius 2 is 1.89 bits per heavy atom. The summed E-state index contributed by atoms with van der Waals surface area (Å²) in [4.78, 5) is 14.1. The third kappa shape index (κ3) is 4.14. The number of rotatable bonds is 4. The molecule has 1 amide bonds. The summed E-state index contributed by atoms with van der Waals surface area (Å²) < 4.78 is 62.6. The van der Waals surface area contributed by atoms with Gasteiger partial charge in [-0.1, -0.05) is 24.3 Å². The number of amides is 1. The lowest BCUT2D eigenvalue weighted by atomic mass is 10.1. The molecule has 3 rings (SSSR count). The van der Waals surface area contributed by atoms with Crippen LogP contribution in [-0.2, 0) is 16.4 Å². The Morgan fingerprint density at radius 3 is 2.59 bits per heavy atom. The van der Waals surface area contributed by atoms with Gasteiger partial charge in [-0.3, -0.25) is 4.79 Å². The summed E-state index contributed by atoms with van der Waals surface area (Å²) in [7, 11) is -4.39. The number of fused-ring (bicyclic) bond motifs is 1. The van der Waals surface area contributed by atoms with Gasteiger partial charge >= 0.3 is 6.18 Å². The number of halogens is 3. The molecule has 1 heterocycles. The van der Waals surface area contributed by atoms with Gasteiger partial charge in [-0.05, 0) is 43.2 Å². The average molecular weight is 398 g/mol. The minimum Gasteiger partial charge on any atom is -0.305 e. The summed E-state index contributed by atoms with van der Waals surface area (Å²) in [6.07, 6.45) is -4.00. The molecule has 9 heteroatoms. The maximum Gasteiger partial charge on any atom is 0.402 e. The van der Waals surface area contributed by atoms with Gasteiger partial charge in [0.25, 0.3) is 5.91 Å². The van der Waals surface area contributed by atoms with Crippen LogP contribution in [0.5, 0.6) is 0 Å². The Kier molecular flexibility index (Phi) is 5.00. The van der Waals surface area contributed by atoms with Crippen molar-refractivity contribution >= 4 is 21.6 Å². The van der Waals surface area contributed by atoms with E-state index in [1.165, 1.54) is 16.9 Å². The molecular weight excluding hydrogens is 381 g/mol. The van der Waals surface area contributed by atoms with E-state index in [1.54, 1.807) is 11.0 Å². The Labute approximate surface area is 154 Å². The molecule has 1 atom stereocenters. The number of carbonyl (C=O) groups excluding carboxylic acids is 1. The smallest absolute Gasteiger partial charge is 0.305 e. The maximum atomic E-state index is 12.9. The van der Waals surface area contributed by atoms with Gasteiger partial charge in [0, 0.05) is 17.3 Å². The highest BCUT2D eigenvalue weighted by atomic mass is 32.2. The normalized spacial score (nSPS) is 17.0. The SMILES string of the molecule is CC1Cc2ccccc2N1C(=O)c1cccc(S(=O)(=O)NCC(F)(F)F)c1. The summed E-state index contributed by atoms with van der Waals surface area (Å²) >= 11 is 0. The first-order valence-corrected chi connectivity index (χ1v) is 9.65. The third-order valence-electron chi connectivity index (χ3n) is 4.28. The molecule has 1 N–H and O–H groups in total. The number of anilines is 1. The largest absolute Gasteiger partial charge is 0.402 e. The molecule has 1 aliphatic heterocycles. The highest BCUT2D eigenvalue weighted by molar-refractivity contribution is 7.89. The molecule has 144 valence electrons. The molecule has 0 saturated heterocycles. The molecule has 0 aliphatic carbocycles. The minimum absolute atomic E-state index is 0.0911. The van der Waals surface area contributed by atoms with Crippen LogP contribution in [0.3, 0.4) is 0 Å². The molecular formula is C18H17F3N2O3S. The van der Waals surface area contributed by atoms with Crippen LogP contribution < -0.4 is 9.62 Å². The first-order chi connectivity index (χ1) is 12.6. The summed E-state index contributed by atoms with van der Waals surface area (Å²) in [5.74, 6) is -0.402. The van der Waals surface area contributed by atoms with Crippen molar-refractivity contribution in [3.8, 4) is 0 Å². The quantitative estimate of drug-likeness (QED) is 0.861. The van der Waals surface area contributed by atoms with Crippen LogP contribution in [-0.4, -0.2) is 33.1 Å². The van der Waals surface area contributed by atoms with Gasteiger partial charge in [-0.25, -0.2) is 13.1 Å². The van der Waals surface area contributed by atoms with E-state index in [-0.39, 0.29) is 11.6 Å².